The van der Waals surface area contributed by atoms with Crippen molar-refractivity contribution in [1.82, 2.24) is 14.9 Å². The summed E-state index contributed by atoms with van der Waals surface area (Å²) in [5.41, 5.74) is 1.23. The third-order valence-corrected chi connectivity index (χ3v) is 4.20. The molecular formula is C14H24N4. The van der Waals surface area contributed by atoms with Gasteiger partial charge < -0.3 is 14.8 Å². The molecule has 2 heterocycles. The Morgan fingerprint density at radius 3 is 2.89 bits per heavy atom. The van der Waals surface area contributed by atoms with Gasteiger partial charge in [-0.05, 0) is 38.6 Å². The van der Waals surface area contributed by atoms with Crippen molar-refractivity contribution in [3.05, 3.63) is 11.9 Å². The first-order valence-electron chi connectivity index (χ1n) is 7.31. The van der Waals surface area contributed by atoms with Gasteiger partial charge in [-0.3, -0.25) is 0 Å². The van der Waals surface area contributed by atoms with Crippen LogP contribution >= 0.6 is 0 Å². The van der Waals surface area contributed by atoms with Crippen LogP contribution in [-0.2, 0) is 6.42 Å². The molecule has 1 atom stereocenters. The third kappa shape index (κ3) is 2.26. The van der Waals surface area contributed by atoms with E-state index in [0.29, 0.717) is 12.1 Å². The van der Waals surface area contributed by atoms with E-state index in [9.17, 15) is 0 Å². The lowest BCUT2D eigenvalue weighted by Gasteiger charge is -2.32. The lowest BCUT2D eigenvalue weighted by molar-refractivity contribution is 0.438. The van der Waals surface area contributed by atoms with Crippen LogP contribution in [0.15, 0.2) is 6.20 Å². The van der Waals surface area contributed by atoms with Gasteiger partial charge in [-0.1, -0.05) is 6.92 Å². The number of piperidine rings is 1. The van der Waals surface area contributed by atoms with Crippen molar-refractivity contribution in [1.29, 1.82) is 0 Å². The van der Waals surface area contributed by atoms with Gasteiger partial charge >= 0.3 is 0 Å². The van der Waals surface area contributed by atoms with Crippen molar-refractivity contribution in [3.63, 3.8) is 0 Å². The highest BCUT2D eigenvalue weighted by Crippen LogP contribution is 2.38. The number of aromatic nitrogens is 2. The Bertz CT molecular complexity index is 402. The number of hydrogen-bond donors (Lipinski definition) is 1. The summed E-state index contributed by atoms with van der Waals surface area (Å²) in [6, 6.07) is 1.31. The van der Waals surface area contributed by atoms with Crippen LogP contribution in [-0.4, -0.2) is 35.7 Å². The first-order valence-corrected chi connectivity index (χ1v) is 7.31. The Labute approximate surface area is 109 Å². The number of aryl methyl sites for hydroxylation is 1. The molecule has 18 heavy (non-hydrogen) atoms. The minimum atomic E-state index is 0.600. The molecule has 1 unspecified atom stereocenters. The van der Waals surface area contributed by atoms with Gasteiger partial charge in [-0.2, -0.15) is 0 Å². The second kappa shape index (κ2) is 4.92. The van der Waals surface area contributed by atoms with Crippen LogP contribution in [0, 0.1) is 0 Å². The Balaban J connectivity index is 1.82. The number of likely N-dealkylation sites (N-methyl/N-ethyl adjacent to an activating group) is 1. The molecule has 1 saturated carbocycles. The van der Waals surface area contributed by atoms with Crippen LogP contribution < -0.4 is 10.2 Å². The Morgan fingerprint density at radius 2 is 2.28 bits per heavy atom. The van der Waals surface area contributed by atoms with Crippen molar-refractivity contribution < 1.29 is 0 Å². The molecule has 1 N–H and O–H groups in total. The van der Waals surface area contributed by atoms with E-state index < -0.39 is 0 Å². The summed E-state index contributed by atoms with van der Waals surface area (Å²) in [6.07, 6.45) is 8.50. The fourth-order valence-electron chi connectivity index (χ4n) is 2.81. The van der Waals surface area contributed by atoms with Gasteiger partial charge in [0.15, 0.2) is 0 Å². The number of nitrogens with zero attached hydrogens (tertiary/aromatic N) is 3. The maximum absolute atomic E-state index is 4.83. The van der Waals surface area contributed by atoms with E-state index in [1.807, 2.05) is 0 Å². The van der Waals surface area contributed by atoms with Crippen molar-refractivity contribution >= 4 is 5.95 Å². The minimum absolute atomic E-state index is 0.600. The smallest absolute Gasteiger partial charge is 0.206 e. The summed E-state index contributed by atoms with van der Waals surface area (Å²) >= 11 is 0. The number of hydrogen-bond acceptors (Lipinski definition) is 3. The number of imidazole rings is 1. The number of rotatable bonds is 4. The number of nitrogens with one attached hydrogen (secondary N) is 1. The van der Waals surface area contributed by atoms with Crippen LogP contribution in [0.2, 0.25) is 0 Å². The standard InChI is InChI=1S/C14H24N4/c1-3-11-10-18(12-6-7-12)14(16-11)17(2)13-5-4-8-15-9-13/h10,12-13,15H,3-9H2,1-2H3. The van der Waals surface area contributed by atoms with E-state index in [1.54, 1.807) is 0 Å². The van der Waals surface area contributed by atoms with Crippen LogP contribution in [0.4, 0.5) is 5.95 Å². The summed E-state index contributed by atoms with van der Waals surface area (Å²) in [5, 5.41) is 3.49. The van der Waals surface area contributed by atoms with Gasteiger partial charge in [0.25, 0.3) is 0 Å². The molecule has 100 valence electrons. The summed E-state index contributed by atoms with van der Waals surface area (Å²) in [5.74, 6) is 1.18. The third-order valence-electron chi connectivity index (χ3n) is 4.20. The highest BCUT2D eigenvalue weighted by Gasteiger charge is 2.29. The van der Waals surface area contributed by atoms with E-state index in [4.69, 9.17) is 4.98 Å². The molecule has 2 aliphatic rings. The van der Waals surface area contributed by atoms with Gasteiger partial charge in [0.2, 0.25) is 5.95 Å². The quantitative estimate of drug-likeness (QED) is 0.884. The summed E-state index contributed by atoms with van der Waals surface area (Å²) in [6.45, 7) is 4.45. The van der Waals surface area contributed by atoms with Crippen molar-refractivity contribution in [2.24, 2.45) is 0 Å². The molecule has 0 aromatic carbocycles. The predicted molar refractivity (Wildman–Crippen MR) is 74.2 cm³/mol. The van der Waals surface area contributed by atoms with Gasteiger partial charge in [0.1, 0.15) is 0 Å². The Hall–Kier alpha value is -1.03. The molecule has 0 spiro atoms. The van der Waals surface area contributed by atoms with E-state index >= 15 is 0 Å². The van der Waals surface area contributed by atoms with Crippen molar-refractivity contribution in [2.75, 3.05) is 25.0 Å². The van der Waals surface area contributed by atoms with Crippen molar-refractivity contribution in [2.45, 2.75) is 51.1 Å². The molecule has 1 aromatic rings. The molecule has 4 nitrogen and oxygen atoms in total. The second-order valence-electron chi connectivity index (χ2n) is 5.64. The molecule has 1 saturated heterocycles. The predicted octanol–water partition coefficient (Wildman–Crippen LogP) is 1.97. The average Bonchev–Trinajstić information content (AvgIpc) is 3.18. The van der Waals surface area contributed by atoms with Crippen molar-refractivity contribution in [3.8, 4) is 0 Å². The van der Waals surface area contributed by atoms with Gasteiger partial charge in [0.05, 0.1) is 5.69 Å². The topological polar surface area (TPSA) is 33.1 Å². The lowest BCUT2D eigenvalue weighted by Crippen LogP contribution is -2.45. The Kier molecular flexibility index (Phi) is 3.29. The monoisotopic (exact) mass is 248 g/mol. The number of anilines is 1. The molecule has 0 radical (unpaired) electrons. The van der Waals surface area contributed by atoms with E-state index in [0.717, 1.165) is 13.0 Å². The normalized spacial score (nSPS) is 24.2. The van der Waals surface area contributed by atoms with Crippen LogP contribution in [0.25, 0.3) is 0 Å². The first kappa shape index (κ1) is 12.0. The fraction of sp³-hybridized carbons (Fsp3) is 0.786. The van der Waals surface area contributed by atoms with Crippen LogP contribution in [0.1, 0.15) is 44.3 Å². The zero-order valence-electron chi connectivity index (χ0n) is 11.5. The summed E-state index contributed by atoms with van der Waals surface area (Å²) < 4.78 is 2.41. The lowest BCUT2D eigenvalue weighted by atomic mass is 10.1. The van der Waals surface area contributed by atoms with E-state index in [1.165, 1.54) is 43.9 Å². The maximum atomic E-state index is 4.83. The maximum Gasteiger partial charge on any atom is 0.206 e. The zero-order valence-corrected chi connectivity index (χ0v) is 11.5. The van der Waals surface area contributed by atoms with Gasteiger partial charge in [-0.15, -0.1) is 0 Å². The molecule has 1 aliphatic heterocycles. The molecule has 2 fully saturated rings. The highest BCUT2D eigenvalue weighted by molar-refractivity contribution is 5.36. The Morgan fingerprint density at radius 1 is 1.44 bits per heavy atom. The fourth-order valence-corrected chi connectivity index (χ4v) is 2.81. The van der Waals surface area contributed by atoms with Crippen LogP contribution in [0.3, 0.4) is 0 Å². The van der Waals surface area contributed by atoms with Crippen LogP contribution in [0.5, 0.6) is 0 Å². The zero-order chi connectivity index (χ0) is 12.5. The SMILES string of the molecule is CCc1cn(C2CC2)c(N(C)C2CCCNC2)n1. The van der Waals surface area contributed by atoms with Gasteiger partial charge in [-0.25, -0.2) is 4.98 Å². The largest absolute Gasteiger partial charge is 0.341 e. The highest BCUT2D eigenvalue weighted by atomic mass is 15.3. The molecule has 1 aliphatic carbocycles. The minimum Gasteiger partial charge on any atom is -0.341 e. The molecule has 3 rings (SSSR count). The van der Waals surface area contributed by atoms with E-state index in [2.05, 4.69) is 35.0 Å². The molecular weight excluding hydrogens is 224 g/mol. The average molecular weight is 248 g/mol. The molecule has 0 bridgehead atoms. The van der Waals surface area contributed by atoms with E-state index in [-0.39, 0.29) is 0 Å². The second-order valence-corrected chi connectivity index (χ2v) is 5.64. The van der Waals surface area contributed by atoms with Gasteiger partial charge in [0, 0.05) is 31.9 Å². The summed E-state index contributed by atoms with van der Waals surface area (Å²) in [4.78, 5) is 7.22. The molecule has 1 aromatic heterocycles. The summed E-state index contributed by atoms with van der Waals surface area (Å²) in [7, 11) is 2.21. The molecule has 4 heteroatoms. The first-order chi connectivity index (χ1) is 8.79. The molecule has 0 amide bonds.